The molecular formula is C15H23NO. The van der Waals surface area contributed by atoms with Gasteiger partial charge < -0.3 is 5.11 Å². The average molecular weight is 233 g/mol. The SMILES string of the molecule is CC1C=C(O)C=C([C@]2(C)CCCN2C)C=CC1. The van der Waals surface area contributed by atoms with Crippen LogP contribution in [0.15, 0.2) is 35.6 Å². The van der Waals surface area contributed by atoms with Gasteiger partial charge in [0.2, 0.25) is 0 Å². The van der Waals surface area contributed by atoms with Gasteiger partial charge in [0.25, 0.3) is 0 Å². The predicted molar refractivity (Wildman–Crippen MR) is 72.0 cm³/mol. The fourth-order valence-corrected chi connectivity index (χ4v) is 2.82. The Morgan fingerprint density at radius 1 is 1.47 bits per heavy atom. The highest BCUT2D eigenvalue weighted by atomic mass is 16.3. The van der Waals surface area contributed by atoms with Crippen molar-refractivity contribution in [2.24, 2.45) is 5.92 Å². The molecular weight excluding hydrogens is 210 g/mol. The van der Waals surface area contributed by atoms with E-state index in [1.807, 2.05) is 12.2 Å². The van der Waals surface area contributed by atoms with E-state index in [4.69, 9.17) is 0 Å². The van der Waals surface area contributed by atoms with Crippen LogP contribution in [-0.2, 0) is 0 Å². The summed E-state index contributed by atoms with van der Waals surface area (Å²) in [5.74, 6) is 0.830. The number of hydrogen-bond donors (Lipinski definition) is 1. The Morgan fingerprint density at radius 2 is 2.24 bits per heavy atom. The second kappa shape index (κ2) is 4.69. The minimum absolute atomic E-state index is 0.0822. The predicted octanol–water partition coefficient (Wildman–Crippen LogP) is 3.44. The molecule has 0 aromatic carbocycles. The maximum absolute atomic E-state index is 9.95. The lowest BCUT2D eigenvalue weighted by Gasteiger charge is -2.34. The number of hydrogen-bond acceptors (Lipinski definition) is 2. The topological polar surface area (TPSA) is 23.5 Å². The molecule has 17 heavy (non-hydrogen) atoms. The fraction of sp³-hybridized carbons (Fsp3) is 0.600. The fourth-order valence-electron chi connectivity index (χ4n) is 2.82. The van der Waals surface area contributed by atoms with Gasteiger partial charge in [-0.1, -0.05) is 19.1 Å². The van der Waals surface area contributed by atoms with Crippen LogP contribution in [0.3, 0.4) is 0 Å². The van der Waals surface area contributed by atoms with Crippen LogP contribution in [0.1, 0.15) is 33.1 Å². The molecule has 0 radical (unpaired) electrons. The third-order valence-corrected chi connectivity index (χ3v) is 4.19. The number of aliphatic hydroxyl groups is 1. The molecule has 2 nitrogen and oxygen atoms in total. The van der Waals surface area contributed by atoms with E-state index in [0.29, 0.717) is 11.7 Å². The third-order valence-electron chi connectivity index (χ3n) is 4.19. The van der Waals surface area contributed by atoms with E-state index in [9.17, 15) is 5.11 Å². The van der Waals surface area contributed by atoms with Crippen molar-refractivity contribution < 1.29 is 5.11 Å². The molecule has 1 saturated heterocycles. The molecule has 0 spiro atoms. The van der Waals surface area contributed by atoms with Crippen LogP contribution in [0.2, 0.25) is 0 Å². The smallest absolute Gasteiger partial charge is 0.112 e. The summed E-state index contributed by atoms with van der Waals surface area (Å²) in [5, 5.41) is 9.95. The zero-order valence-corrected chi connectivity index (χ0v) is 11.1. The minimum Gasteiger partial charge on any atom is -0.508 e. The van der Waals surface area contributed by atoms with Crippen LogP contribution in [-0.4, -0.2) is 29.1 Å². The van der Waals surface area contributed by atoms with E-state index in [1.165, 1.54) is 18.4 Å². The van der Waals surface area contributed by atoms with Gasteiger partial charge in [-0.3, -0.25) is 4.90 Å². The summed E-state index contributed by atoms with van der Waals surface area (Å²) in [6, 6.07) is 0. The van der Waals surface area contributed by atoms with Gasteiger partial charge in [0.1, 0.15) is 5.76 Å². The van der Waals surface area contributed by atoms with Crippen molar-refractivity contribution in [1.29, 1.82) is 0 Å². The molecule has 1 aliphatic heterocycles. The summed E-state index contributed by atoms with van der Waals surface area (Å²) >= 11 is 0. The molecule has 0 bridgehead atoms. The van der Waals surface area contributed by atoms with Gasteiger partial charge in [0, 0.05) is 5.54 Å². The molecule has 1 aliphatic carbocycles. The average Bonchev–Trinajstić information content (AvgIpc) is 2.56. The van der Waals surface area contributed by atoms with Crippen molar-refractivity contribution >= 4 is 0 Å². The quantitative estimate of drug-likeness (QED) is 0.750. The molecule has 1 heterocycles. The molecule has 1 N–H and O–H groups in total. The molecule has 2 atom stereocenters. The van der Waals surface area contributed by atoms with Gasteiger partial charge in [-0.15, -0.1) is 0 Å². The number of aliphatic hydroxyl groups excluding tert-OH is 1. The Morgan fingerprint density at radius 3 is 2.88 bits per heavy atom. The van der Waals surface area contributed by atoms with E-state index >= 15 is 0 Å². The monoisotopic (exact) mass is 233 g/mol. The van der Waals surface area contributed by atoms with Gasteiger partial charge in [0.05, 0.1) is 0 Å². The molecule has 2 aliphatic rings. The van der Waals surface area contributed by atoms with Crippen molar-refractivity contribution in [3.8, 4) is 0 Å². The molecule has 0 amide bonds. The number of rotatable bonds is 1. The number of likely N-dealkylation sites (tertiary alicyclic amines) is 1. The lowest BCUT2D eigenvalue weighted by molar-refractivity contribution is 0.240. The van der Waals surface area contributed by atoms with Crippen molar-refractivity contribution in [2.45, 2.75) is 38.6 Å². The molecule has 2 heteroatoms. The Balaban J connectivity index is 2.34. The van der Waals surface area contributed by atoms with Crippen molar-refractivity contribution in [3.63, 3.8) is 0 Å². The summed E-state index contributed by atoms with van der Waals surface area (Å²) in [7, 11) is 2.17. The van der Waals surface area contributed by atoms with E-state index in [-0.39, 0.29) is 5.54 Å². The van der Waals surface area contributed by atoms with Gasteiger partial charge in [-0.25, -0.2) is 0 Å². The maximum atomic E-state index is 9.95. The summed E-state index contributed by atoms with van der Waals surface area (Å²) in [6.45, 7) is 5.54. The largest absolute Gasteiger partial charge is 0.508 e. The summed E-state index contributed by atoms with van der Waals surface area (Å²) in [5.41, 5.74) is 1.32. The summed E-state index contributed by atoms with van der Waals surface area (Å²) in [4.78, 5) is 2.39. The van der Waals surface area contributed by atoms with E-state index in [0.717, 1.165) is 13.0 Å². The molecule has 0 aromatic rings. The first-order chi connectivity index (χ1) is 8.02. The number of likely N-dealkylation sites (N-methyl/N-ethyl adjacent to an activating group) is 1. The van der Waals surface area contributed by atoms with Crippen molar-refractivity contribution in [1.82, 2.24) is 4.90 Å². The Kier molecular flexibility index (Phi) is 3.43. The van der Waals surface area contributed by atoms with Crippen LogP contribution in [0.25, 0.3) is 0 Å². The Hall–Kier alpha value is -1.02. The summed E-state index contributed by atoms with van der Waals surface area (Å²) < 4.78 is 0. The molecule has 94 valence electrons. The highest BCUT2D eigenvalue weighted by Gasteiger charge is 2.36. The lowest BCUT2D eigenvalue weighted by atomic mass is 9.86. The van der Waals surface area contributed by atoms with E-state index in [2.05, 4.69) is 37.9 Å². The first-order valence-corrected chi connectivity index (χ1v) is 6.53. The molecule has 0 saturated carbocycles. The first kappa shape index (κ1) is 12.4. The van der Waals surface area contributed by atoms with Crippen LogP contribution in [0, 0.1) is 5.92 Å². The molecule has 0 aromatic heterocycles. The minimum atomic E-state index is 0.0822. The standard InChI is InChI=1S/C15H23NO/c1-12-6-4-7-13(11-14(17)10-12)15(2)8-5-9-16(15)3/h4,7,10-12,17H,5-6,8-9H2,1-3H3/t12?,15-/m0/s1. The molecule has 1 unspecified atom stereocenters. The first-order valence-electron chi connectivity index (χ1n) is 6.53. The van der Waals surface area contributed by atoms with Crippen LogP contribution in [0.5, 0.6) is 0 Å². The Bertz CT molecular complexity index is 380. The van der Waals surface area contributed by atoms with Crippen LogP contribution >= 0.6 is 0 Å². The lowest BCUT2D eigenvalue weighted by Crippen LogP contribution is -2.39. The van der Waals surface area contributed by atoms with Crippen molar-refractivity contribution in [3.05, 3.63) is 35.6 Å². The van der Waals surface area contributed by atoms with Gasteiger partial charge in [-0.05, 0) is 63.4 Å². The zero-order chi connectivity index (χ0) is 12.5. The van der Waals surface area contributed by atoms with Gasteiger partial charge in [0.15, 0.2) is 0 Å². The van der Waals surface area contributed by atoms with Crippen molar-refractivity contribution in [2.75, 3.05) is 13.6 Å². The number of nitrogens with zero attached hydrogens (tertiary/aromatic N) is 1. The third kappa shape index (κ3) is 2.47. The normalized spacial score (nSPS) is 35.1. The second-order valence-electron chi connectivity index (χ2n) is 5.61. The molecule has 2 rings (SSSR count). The zero-order valence-electron chi connectivity index (χ0n) is 11.1. The highest BCUT2D eigenvalue weighted by molar-refractivity contribution is 5.37. The van der Waals surface area contributed by atoms with E-state index in [1.54, 1.807) is 0 Å². The van der Waals surface area contributed by atoms with E-state index < -0.39 is 0 Å². The van der Waals surface area contributed by atoms with Crippen LogP contribution < -0.4 is 0 Å². The Labute approximate surface area is 104 Å². The maximum Gasteiger partial charge on any atom is 0.112 e. The van der Waals surface area contributed by atoms with Gasteiger partial charge >= 0.3 is 0 Å². The highest BCUT2D eigenvalue weighted by Crippen LogP contribution is 2.36. The number of allylic oxidation sites excluding steroid dienone is 3. The van der Waals surface area contributed by atoms with Gasteiger partial charge in [-0.2, -0.15) is 0 Å². The summed E-state index contributed by atoms with van der Waals surface area (Å²) in [6.07, 6.45) is 11.7. The second-order valence-corrected chi connectivity index (χ2v) is 5.61. The van der Waals surface area contributed by atoms with Crippen LogP contribution in [0.4, 0.5) is 0 Å². The molecule has 1 fully saturated rings.